The lowest BCUT2D eigenvalue weighted by Crippen LogP contribution is -1.83. The summed E-state index contributed by atoms with van der Waals surface area (Å²) in [5.41, 5.74) is 0. The van der Waals surface area contributed by atoms with Gasteiger partial charge >= 0.3 is 0 Å². The predicted molar refractivity (Wildman–Crippen MR) is 104 cm³/mol. The van der Waals surface area contributed by atoms with Crippen LogP contribution in [-0.2, 0) is 11.1 Å². The largest absolute Gasteiger partial charge is 0.303 e. The second-order valence-electron chi connectivity index (χ2n) is 6.74. The van der Waals surface area contributed by atoms with Gasteiger partial charge in [0.15, 0.2) is 11.1 Å². The Morgan fingerprint density at radius 1 is 0.652 bits per heavy atom. The molecule has 1 unspecified atom stereocenters. The molecular formula is C20H40O2S. The molecule has 0 amide bonds. The molecule has 0 aliphatic heterocycles. The summed E-state index contributed by atoms with van der Waals surface area (Å²) < 4.78 is 19.0. The highest BCUT2D eigenvalue weighted by Gasteiger charge is 1.94. The van der Waals surface area contributed by atoms with Crippen LogP contribution < -0.4 is 0 Å². The van der Waals surface area contributed by atoms with E-state index < -0.39 is 11.1 Å². The minimum atomic E-state index is -1.76. The van der Waals surface area contributed by atoms with Crippen LogP contribution in [0.3, 0.4) is 0 Å². The third-order valence-corrected chi connectivity index (χ3v) is 4.86. The van der Waals surface area contributed by atoms with Crippen molar-refractivity contribution in [2.45, 2.75) is 116 Å². The Bertz CT molecular complexity index is 277. The van der Waals surface area contributed by atoms with Gasteiger partial charge in [-0.25, -0.2) is 4.21 Å². The molecule has 0 spiro atoms. The second-order valence-corrected chi connectivity index (χ2v) is 7.56. The molecule has 0 aromatic rings. The molecule has 138 valence electrons. The standard InChI is InChI=1S/C20H40O2S/c1-2-3-4-5-6-7-8-9-10-11-12-13-14-15-16-17-18-19-20-23(21)22/h19-20H,2-18H2,1H3,(H,21,22). The van der Waals surface area contributed by atoms with Crippen LogP contribution >= 0.6 is 0 Å². The van der Waals surface area contributed by atoms with Gasteiger partial charge in [-0.1, -0.05) is 109 Å². The highest BCUT2D eigenvalue weighted by atomic mass is 32.2. The van der Waals surface area contributed by atoms with Gasteiger partial charge in [-0.15, -0.1) is 0 Å². The quantitative estimate of drug-likeness (QED) is 0.208. The van der Waals surface area contributed by atoms with Crippen molar-refractivity contribution in [1.29, 1.82) is 0 Å². The SMILES string of the molecule is CCCCCCCCCCCCCCCCCCC=CS(=O)O. The lowest BCUT2D eigenvalue weighted by atomic mass is 10.0. The highest BCUT2D eigenvalue weighted by molar-refractivity contribution is 7.82. The second kappa shape index (κ2) is 19.9. The monoisotopic (exact) mass is 344 g/mol. The number of hydrogen-bond donors (Lipinski definition) is 1. The van der Waals surface area contributed by atoms with Gasteiger partial charge in [-0.3, -0.25) is 0 Å². The van der Waals surface area contributed by atoms with Crippen LogP contribution in [0.1, 0.15) is 116 Å². The van der Waals surface area contributed by atoms with E-state index in [-0.39, 0.29) is 0 Å². The van der Waals surface area contributed by atoms with Crippen LogP contribution in [0.25, 0.3) is 0 Å². The van der Waals surface area contributed by atoms with Crippen molar-refractivity contribution in [2.24, 2.45) is 0 Å². The molecule has 0 saturated carbocycles. The Balaban J connectivity index is 3.01. The maximum Gasteiger partial charge on any atom is 0.178 e. The number of allylic oxidation sites excluding steroid dienone is 1. The highest BCUT2D eigenvalue weighted by Crippen LogP contribution is 2.14. The van der Waals surface area contributed by atoms with E-state index in [9.17, 15) is 4.21 Å². The van der Waals surface area contributed by atoms with Gasteiger partial charge < -0.3 is 4.55 Å². The van der Waals surface area contributed by atoms with E-state index in [0.29, 0.717) is 0 Å². The third kappa shape index (κ3) is 21.9. The van der Waals surface area contributed by atoms with Gasteiger partial charge in [0.2, 0.25) is 0 Å². The van der Waals surface area contributed by atoms with Crippen LogP contribution in [-0.4, -0.2) is 8.76 Å². The summed E-state index contributed by atoms with van der Waals surface area (Å²) in [6, 6.07) is 0. The van der Waals surface area contributed by atoms with Crippen molar-refractivity contribution in [3.63, 3.8) is 0 Å². The van der Waals surface area contributed by atoms with Gasteiger partial charge in [0.25, 0.3) is 0 Å². The Morgan fingerprint density at radius 2 is 1.00 bits per heavy atom. The molecule has 0 heterocycles. The summed E-state index contributed by atoms with van der Waals surface area (Å²) in [6.07, 6.45) is 24.9. The van der Waals surface area contributed by atoms with E-state index in [0.717, 1.165) is 12.8 Å². The maximum absolute atomic E-state index is 10.4. The van der Waals surface area contributed by atoms with Crippen molar-refractivity contribution in [3.05, 3.63) is 11.5 Å². The van der Waals surface area contributed by atoms with E-state index in [2.05, 4.69) is 6.92 Å². The van der Waals surface area contributed by atoms with Crippen LogP contribution in [0.4, 0.5) is 0 Å². The number of rotatable bonds is 18. The average Bonchev–Trinajstić information content (AvgIpc) is 2.53. The fourth-order valence-electron chi connectivity index (χ4n) is 2.96. The van der Waals surface area contributed by atoms with Crippen LogP contribution in [0.5, 0.6) is 0 Å². The summed E-state index contributed by atoms with van der Waals surface area (Å²) in [5.74, 6) is 0. The summed E-state index contributed by atoms with van der Waals surface area (Å²) in [4.78, 5) is 0. The normalized spacial score (nSPS) is 13.0. The summed E-state index contributed by atoms with van der Waals surface area (Å²) >= 11 is -1.76. The summed E-state index contributed by atoms with van der Waals surface area (Å²) in [7, 11) is 0. The first-order valence-electron chi connectivity index (χ1n) is 10.0. The molecule has 0 radical (unpaired) electrons. The molecule has 2 nitrogen and oxygen atoms in total. The van der Waals surface area contributed by atoms with Gasteiger partial charge in [-0.05, 0) is 12.8 Å². The molecule has 1 N–H and O–H groups in total. The Kier molecular flexibility index (Phi) is 19.8. The van der Waals surface area contributed by atoms with Crippen molar-refractivity contribution in [1.82, 2.24) is 0 Å². The molecule has 3 heteroatoms. The van der Waals surface area contributed by atoms with E-state index >= 15 is 0 Å². The van der Waals surface area contributed by atoms with E-state index in [1.807, 2.05) is 6.08 Å². The van der Waals surface area contributed by atoms with Crippen molar-refractivity contribution in [2.75, 3.05) is 0 Å². The summed E-state index contributed by atoms with van der Waals surface area (Å²) in [5, 5.41) is 1.37. The lowest BCUT2D eigenvalue weighted by molar-refractivity contribution is 0.530. The molecule has 0 saturated heterocycles. The van der Waals surface area contributed by atoms with E-state index in [1.54, 1.807) is 0 Å². The molecule has 0 rings (SSSR count). The minimum Gasteiger partial charge on any atom is -0.303 e. The Hall–Kier alpha value is -0.150. The van der Waals surface area contributed by atoms with Gasteiger partial charge in [-0.2, -0.15) is 0 Å². The molecule has 0 fully saturated rings. The topological polar surface area (TPSA) is 37.3 Å². The fourth-order valence-corrected chi connectivity index (χ4v) is 3.26. The molecule has 0 bridgehead atoms. The first-order chi connectivity index (χ1) is 11.3. The summed E-state index contributed by atoms with van der Waals surface area (Å²) in [6.45, 7) is 2.28. The molecule has 0 aliphatic rings. The zero-order valence-electron chi connectivity index (χ0n) is 15.4. The minimum absolute atomic E-state index is 0.935. The molecular weight excluding hydrogens is 304 g/mol. The van der Waals surface area contributed by atoms with Crippen molar-refractivity contribution >= 4 is 11.1 Å². The van der Waals surface area contributed by atoms with Crippen LogP contribution in [0.15, 0.2) is 11.5 Å². The molecule has 1 atom stereocenters. The predicted octanol–water partition coefficient (Wildman–Crippen LogP) is 7.37. The van der Waals surface area contributed by atoms with E-state index in [1.165, 1.54) is 102 Å². The lowest BCUT2D eigenvalue weighted by Gasteiger charge is -2.03. The average molecular weight is 345 g/mol. The van der Waals surface area contributed by atoms with Gasteiger partial charge in [0.05, 0.1) is 0 Å². The molecule has 0 aromatic carbocycles. The van der Waals surface area contributed by atoms with Crippen molar-refractivity contribution < 1.29 is 8.76 Å². The Labute approximate surface area is 147 Å². The molecule has 23 heavy (non-hydrogen) atoms. The number of unbranched alkanes of at least 4 members (excludes halogenated alkanes) is 16. The third-order valence-electron chi connectivity index (χ3n) is 4.44. The molecule has 0 aromatic heterocycles. The van der Waals surface area contributed by atoms with E-state index in [4.69, 9.17) is 4.55 Å². The fraction of sp³-hybridized carbons (Fsp3) is 0.900. The van der Waals surface area contributed by atoms with Crippen LogP contribution in [0.2, 0.25) is 0 Å². The Morgan fingerprint density at radius 3 is 1.35 bits per heavy atom. The maximum atomic E-state index is 10.4. The smallest absolute Gasteiger partial charge is 0.178 e. The van der Waals surface area contributed by atoms with Crippen molar-refractivity contribution in [3.8, 4) is 0 Å². The zero-order chi connectivity index (χ0) is 17.0. The number of hydrogen-bond acceptors (Lipinski definition) is 1. The zero-order valence-corrected chi connectivity index (χ0v) is 16.3. The first kappa shape index (κ1) is 22.9. The first-order valence-corrected chi connectivity index (χ1v) is 11.2. The van der Waals surface area contributed by atoms with Gasteiger partial charge in [0.1, 0.15) is 0 Å². The van der Waals surface area contributed by atoms with Crippen LogP contribution in [0, 0.1) is 0 Å². The molecule has 0 aliphatic carbocycles. The van der Waals surface area contributed by atoms with Gasteiger partial charge in [0, 0.05) is 5.41 Å².